The lowest BCUT2D eigenvalue weighted by molar-refractivity contribution is 0.0983. The van der Waals surface area contributed by atoms with E-state index in [0.717, 1.165) is 67.1 Å². The van der Waals surface area contributed by atoms with Crippen LogP contribution in [0.4, 0.5) is 11.5 Å². The van der Waals surface area contributed by atoms with Crippen molar-refractivity contribution in [3.05, 3.63) is 73.1 Å². The average Bonchev–Trinajstić information content (AvgIpc) is 3.53. The summed E-state index contributed by atoms with van der Waals surface area (Å²) >= 11 is 1.63. The van der Waals surface area contributed by atoms with E-state index < -0.39 is 0 Å². The number of methoxy groups -OCH3 is 1. The normalized spacial score (nSPS) is 19.2. The highest BCUT2D eigenvalue weighted by molar-refractivity contribution is 7.14. The molecule has 12 heteroatoms. The molecule has 246 valence electrons. The van der Waals surface area contributed by atoms with E-state index in [-0.39, 0.29) is 29.7 Å². The molecule has 6 rings (SSSR count). The van der Waals surface area contributed by atoms with Crippen LogP contribution in [0.1, 0.15) is 45.1 Å². The number of thiophene rings is 1. The minimum absolute atomic E-state index is 0.0531. The van der Waals surface area contributed by atoms with Crippen LogP contribution in [0.3, 0.4) is 0 Å². The van der Waals surface area contributed by atoms with Crippen LogP contribution < -0.4 is 26.4 Å². The highest BCUT2D eigenvalue weighted by Gasteiger charge is 2.39. The molecule has 1 aliphatic carbocycles. The van der Waals surface area contributed by atoms with Gasteiger partial charge in [-0.15, -0.1) is 11.3 Å². The number of aromatic nitrogens is 2. The molecule has 1 atom stereocenters. The van der Waals surface area contributed by atoms with E-state index in [9.17, 15) is 14.7 Å². The molecule has 1 saturated heterocycles. The van der Waals surface area contributed by atoms with Gasteiger partial charge in [-0.25, -0.2) is 4.98 Å². The van der Waals surface area contributed by atoms with Crippen molar-refractivity contribution in [2.24, 2.45) is 12.5 Å². The number of pyridine rings is 2. The molecule has 5 heterocycles. The number of hydrogen-bond acceptors (Lipinski definition) is 10. The lowest BCUT2D eigenvalue weighted by Gasteiger charge is -2.30. The molecule has 0 spiro atoms. The number of ether oxygens (including phenoxy) is 1. The minimum atomic E-state index is -0.309. The Morgan fingerprint density at radius 3 is 2.83 bits per heavy atom. The Labute approximate surface area is 274 Å². The maximum atomic E-state index is 13.9. The number of aryl methyl sites for hydroxylation is 1. The Morgan fingerprint density at radius 2 is 2.07 bits per heavy atom. The van der Waals surface area contributed by atoms with Gasteiger partial charge < -0.3 is 25.0 Å². The smallest absolute Gasteiger partial charge is 0.273 e. The van der Waals surface area contributed by atoms with E-state index in [4.69, 9.17) is 4.74 Å². The van der Waals surface area contributed by atoms with Crippen LogP contribution in [0, 0.1) is 5.41 Å². The fourth-order valence-corrected chi connectivity index (χ4v) is 8.48. The monoisotopic (exact) mass is 647 g/mol. The Balaban J connectivity index is 1.28. The van der Waals surface area contributed by atoms with Gasteiger partial charge in [0.25, 0.3) is 11.5 Å². The van der Waals surface area contributed by atoms with Gasteiger partial charge in [0.1, 0.15) is 11.5 Å². The highest BCUT2D eigenvalue weighted by atomic mass is 32.1. The first-order chi connectivity index (χ1) is 22.1. The second-order valence-electron chi connectivity index (χ2n) is 13.2. The van der Waals surface area contributed by atoms with Gasteiger partial charge >= 0.3 is 0 Å². The number of rotatable bonds is 10. The van der Waals surface area contributed by atoms with Crippen LogP contribution in [0.25, 0.3) is 11.1 Å². The molecule has 2 aliphatic heterocycles. The van der Waals surface area contributed by atoms with Crippen molar-refractivity contribution in [1.82, 2.24) is 25.1 Å². The number of fused-ring (bicyclic) bond motifs is 3. The minimum Gasteiger partial charge on any atom is -0.392 e. The lowest BCUT2D eigenvalue weighted by Crippen LogP contribution is -2.44. The molecule has 4 N–H and O–H groups in total. The zero-order valence-electron chi connectivity index (χ0n) is 27.4. The fourth-order valence-electron chi connectivity index (χ4n) is 6.90. The first kappa shape index (κ1) is 32.4. The topological polar surface area (TPSA) is 124 Å². The predicted molar refractivity (Wildman–Crippen MR) is 183 cm³/mol. The van der Waals surface area contributed by atoms with Gasteiger partial charge in [0.05, 0.1) is 24.3 Å². The van der Waals surface area contributed by atoms with Gasteiger partial charge in [-0.3, -0.25) is 24.7 Å². The molecule has 1 amide bonds. The van der Waals surface area contributed by atoms with Gasteiger partial charge in [-0.2, -0.15) is 0 Å². The number of aliphatic hydroxyl groups excluding tert-OH is 1. The average molecular weight is 648 g/mol. The largest absolute Gasteiger partial charge is 0.392 e. The second-order valence-corrected chi connectivity index (χ2v) is 14.3. The molecular weight excluding hydrogens is 602 g/mol. The van der Waals surface area contributed by atoms with Crippen molar-refractivity contribution in [2.45, 2.75) is 45.9 Å². The Morgan fingerprint density at radius 1 is 1.24 bits per heavy atom. The van der Waals surface area contributed by atoms with Crippen molar-refractivity contribution in [1.29, 1.82) is 0 Å². The summed E-state index contributed by atoms with van der Waals surface area (Å²) in [6, 6.07) is 3.64. The standard InChI is InChI=1S/C34H45N7O4S/c1-34(2)16-25-24-7-10-41(33(44)30(24)46-28(25)17-34)31-26(20-42)23(6-8-37-31)21-14-27(32(43)39(4)18-21)38-29(35-3)15-22-19-40(11-9-36-22)12-13-45-5/h6,8,14-15,18,29,35-36,38,42H,7,9-13,16-17,19-20H2,1-5H3/b22-15-. The highest BCUT2D eigenvalue weighted by Crippen LogP contribution is 2.46. The lowest BCUT2D eigenvalue weighted by atomic mass is 9.89. The summed E-state index contributed by atoms with van der Waals surface area (Å²) in [5, 5.41) is 20.8. The number of carbonyl (C=O) groups is 1. The number of anilines is 2. The third kappa shape index (κ3) is 6.37. The van der Waals surface area contributed by atoms with Crippen molar-refractivity contribution in [2.75, 3.05) is 63.7 Å². The van der Waals surface area contributed by atoms with Gasteiger partial charge in [0.15, 0.2) is 0 Å². The van der Waals surface area contributed by atoms with Crippen LogP contribution in [0.5, 0.6) is 0 Å². The molecular formula is C34H45N7O4S. The van der Waals surface area contributed by atoms with E-state index in [2.05, 4.69) is 45.8 Å². The van der Waals surface area contributed by atoms with E-state index in [1.54, 1.807) is 42.8 Å². The predicted octanol–water partition coefficient (Wildman–Crippen LogP) is 2.72. The van der Waals surface area contributed by atoms with Crippen molar-refractivity contribution in [3.8, 4) is 11.1 Å². The number of amides is 1. The molecule has 0 radical (unpaired) electrons. The summed E-state index contributed by atoms with van der Waals surface area (Å²) in [6.07, 6.45) is 7.97. The number of nitrogens with zero attached hydrogens (tertiary/aromatic N) is 4. The molecule has 11 nitrogen and oxygen atoms in total. The molecule has 3 aliphatic rings. The first-order valence-corrected chi connectivity index (χ1v) is 16.8. The second kappa shape index (κ2) is 13.3. The first-order valence-electron chi connectivity index (χ1n) is 16.0. The molecule has 0 saturated carbocycles. The number of carbonyl (C=O) groups excluding carboxylic acids is 1. The van der Waals surface area contributed by atoms with Gasteiger partial charge in [-0.1, -0.05) is 13.8 Å². The Kier molecular flexibility index (Phi) is 9.36. The summed E-state index contributed by atoms with van der Waals surface area (Å²) in [7, 11) is 5.27. The molecule has 3 aromatic rings. The van der Waals surface area contributed by atoms with E-state index in [1.165, 1.54) is 20.6 Å². The quantitative estimate of drug-likeness (QED) is 0.246. The molecule has 3 aromatic heterocycles. The number of nitrogens with one attached hydrogen (secondary N) is 3. The third-order valence-corrected chi connectivity index (χ3v) is 10.5. The van der Waals surface area contributed by atoms with Crippen LogP contribution in [-0.4, -0.2) is 85.1 Å². The van der Waals surface area contributed by atoms with Gasteiger partial charge in [0.2, 0.25) is 0 Å². The van der Waals surface area contributed by atoms with Crippen LogP contribution in [-0.2, 0) is 37.7 Å². The Bertz CT molecular complexity index is 1710. The summed E-state index contributed by atoms with van der Waals surface area (Å²) < 4.78 is 6.79. The molecule has 0 aromatic carbocycles. The maximum absolute atomic E-state index is 13.9. The zero-order chi connectivity index (χ0) is 32.6. The molecule has 0 bridgehead atoms. The van der Waals surface area contributed by atoms with Crippen molar-refractivity contribution in [3.63, 3.8) is 0 Å². The summed E-state index contributed by atoms with van der Waals surface area (Å²) in [6.45, 7) is 8.87. The third-order valence-electron chi connectivity index (χ3n) is 9.24. The summed E-state index contributed by atoms with van der Waals surface area (Å²) in [4.78, 5) is 38.0. The van der Waals surface area contributed by atoms with Gasteiger partial charge in [0, 0.05) is 81.0 Å². The molecule has 1 unspecified atom stereocenters. The number of hydrogen-bond donors (Lipinski definition) is 4. The molecule has 46 heavy (non-hydrogen) atoms. The summed E-state index contributed by atoms with van der Waals surface area (Å²) in [5.41, 5.74) is 6.14. The van der Waals surface area contributed by atoms with Crippen LogP contribution in [0.2, 0.25) is 0 Å². The van der Waals surface area contributed by atoms with Crippen LogP contribution in [0.15, 0.2) is 41.1 Å². The van der Waals surface area contributed by atoms with E-state index in [0.29, 0.717) is 30.2 Å². The van der Waals surface area contributed by atoms with Crippen molar-refractivity contribution >= 4 is 28.7 Å². The SMILES string of the molecule is CNC(/C=C1/CN(CCOC)CCN1)Nc1cc(-c2ccnc(N3CCc4c(sc5c4CC(C)(C)C5)C3=O)c2CO)cn(C)c1=O. The van der Waals surface area contributed by atoms with Crippen LogP contribution >= 0.6 is 11.3 Å². The number of likely N-dealkylation sites (N-methyl/N-ethyl adjacent to an activating group) is 1. The molecule has 1 fully saturated rings. The van der Waals surface area contributed by atoms with E-state index in [1.807, 2.05) is 19.2 Å². The van der Waals surface area contributed by atoms with Crippen molar-refractivity contribution < 1.29 is 14.6 Å². The number of piperazine rings is 1. The summed E-state index contributed by atoms with van der Waals surface area (Å²) in [5.74, 6) is 0.412. The Hall–Kier alpha value is -3.55. The zero-order valence-corrected chi connectivity index (χ0v) is 28.2. The number of aliphatic hydroxyl groups is 1. The fraction of sp³-hybridized carbons (Fsp3) is 0.500. The van der Waals surface area contributed by atoms with E-state index >= 15 is 0 Å². The maximum Gasteiger partial charge on any atom is 0.273 e. The van der Waals surface area contributed by atoms with Gasteiger partial charge in [-0.05, 0) is 66.6 Å².